The first-order valence-electron chi connectivity index (χ1n) is 10.1. The molecule has 0 radical (unpaired) electrons. The van der Waals surface area contributed by atoms with Gasteiger partial charge in [-0.25, -0.2) is 0 Å². The Balaban J connectivity index is 1.65. The number of rotatable bonds is 1. The summed E-state index contributed by atoms with van der Waals surface area (Å²) in [5, 5.41) is 20.6. The van der Waals surface area contributed by atoms with Crippen LogP contribution in [0.1, 0.15) is 72.1 Å². The molecule has 0 spiro atoms. The van der Waals surface area contributed by atoms with Crippen molar-refractivity contribution in [3.05, 3.63) is 0 Å². The van der Waals surface area contributed by atoms with E-state index in [1.54, 1.807) is 0 Å². The molecule has 0 bridgehead atoms. The molecular weight excluding hydrogens is 300 g/mol. The number of hydrogen-bond acceptors (Lipinski definition) is 3. The van der Waals surface area contributed by atoms with E-state index in [0.29, 0.717) is 35.9 Å². The third-order valence-corrected chi connectivity index (χ3v) is 9.44. The van der Waals surface area contributed by atoms with Crippen molar-refractivity contribution in [3.8, 4) is 0 Å². The Morgan fingerprint density at radius 3 is 2.46 bits per heavy atom. The van der Waals surface area contributed by atoms with Gasteiger partial charge in [0.2, 0.25) is 0 Å². The van der Waals surface area contributed by atoms with Crippen LogP contribution in [0, 0.1) is 40.4 Å². The molecule has 0 saturated heterocycles. The third kappa shape index (κ3) is 2.06. The molecule has 0 amide bonds. The molecule has 8 atom stereocenters. The lowest BCUT2D eigenvalue weighted by Crippen LogP contribution is -2.57. The molecule has 4 aliphatic rings. The fraction of sp³-hybridized carbons (Fsp3) is 0.952. The predicted molar refractivity (Wildman–Crippen MR) is 93.3 cm³/mol. The van der Waals surface area contributed by atoms with E-state index < -0.39 is 5.60 Å². The minimum Gasteiger partial charge on any atom is -0.396 e. The summed E-state index contributed by atoms with van der Waals surface area (Å²) in [6.45, 7) is 6.83. The maximum atomic E-state index is 12.3. The summed E-state index contributed by atoms with van der Waals surface area (Å²) >= 11 is 0. The Morgan fingerprint density at radius 1 is 1.04 bits per heavy atom. The zero-order chi connectivity index (χ0) is 17.3. The Labute approximate surface area is 146 Å². The minimum atomic E-state index is -0.517. The number of aliphatic hydroxyl groups excluding tert-OH is 1. The van der Waals surface area contributed by atoms with Gasteiger partial charge in [0.05, 0.1) is 12.2 Å². The van der Waals surface area contributed by atoms with Crippen LogP contribution in [0.5, 0.6) is 0 Å². The van der Waals surface area contributed by atoms with Crippen molar-refractivity contribution in [2.24, 2.45) is 40.4 Å². The van der Waals surface area contributed by atoms with E-state index in [9.17, 15) is 15.0 Å². The van der Waals surface area contributed by atoms with Gasteiger partial charge < -0.3 is 10.2 Å². The highest BCUT2D eigenvalue weighted by Crippen LogP contribution is 2.68. The Bertz CT molecular complexity index is 541. The first-order chi connectivity index (χ1) is 11.2. The molecule has 24 heavy (non-hydrogen) atoms. The molecule has 0 heterocycles. The second-order valence-electron chi connectivity index (χ2n) is 10.2. The van der Waals surface area contributed by atoms with E-state index >= 15 is 0 Å². The molecular formula is C21H34O3. The Kier molecular flexibility index (Phi) is 3.76. The van der Waals surface area contributed by atoms with Gasteiger partial charge in [-0.2, -0.15) is 0 Å². The van der Waals surface area contributed by atoms with Crippen LogP contribution in [-0.4, -0.2) is 28.2 Å². The molecule has 0 aromatic rings. The SMILES string of the molecule is C[C@]12CC(CO)C(=O)CC1CC[C@@H]1[C@@H]2CC[C@@]2(C)[C@H]1CC[C@]2(C)O. The number of Topliss-reactive ketones (excluding diaryl/α,β-unsaturated/α-hetero) is 1. The lowest BCUT2D eigenvalue weighted by molar-refractivity contribution is -0.160. The Morgan fingerprint density at radius 2 is 1.75 bits per heavy atom. The van der Waals surface area contributed by atoms with Crippen LogP contribution in [0.15, 0.2) is 0 Å². The molecule has 0 aromatic carbocycles. The van der Waals surface area contributed by atoms with E-state index in [1.807, 2.05) is 0 Å². The monoisotopic (exact) mass is 334 g/mol. The summed E-state index contributed by atoms with van der Waals surface area (Å²) in [6, 6.07) is 0. The summed E-state index contributed by atoms with van der Waals surface area (Å²) in [5.41, 5.74) is -0.241. The lowest BCUT2D eigenvalue weighted by atomic mass is 9.44. The van der Waals surface area contributed by atoms with Crippen LogP contribution in [0.25, 0.3) is 0 Å². The average molecular weight is 335 g/mol. The van der Waals surface area contributed by atoms with Crippen molar-refractivity contribution < 1.29 is 15.0 Å². The van der Waals surface area contributed by atoms with Crippen LogP contribution in [0.2, 0.25) is 0 Å². The van der Waals surface area contributed by atoms with Crippen LogP contribution in [0.3, 0.4) is 0 Å². The number of ketones is 1. The summed E-state index contributed by atoms with van der Waals surface area (Å²) < 4.78 is 0. The summed E-state index contributed by atoms with van der Waals surface area (Å²) in [7, 11) is 0. The zero-order valence-corrected chi connectivity index (χ0v) is 15.6. The van der Waals surface area contributed by atoms with Gasteiger partial charge in [-0.05, 0) is 86.4 Å². The highest BCUT2D eigenvalue weighted by atomic mass is 16.3. The Hall–Kier alpha value is -0.410. The third-order valence-electron chi connectivity index (χ3n) is 9.44. The van der Waals surface area contributed by atoms with Crippen LogP contribution < -0.4 is 0 Å². The lowest BCUT2D eigenvalue weighted by Gasteiger charge is -2.61. The zero-order valence-electron chi connectivity index (χ0n) is 15.6. The molecule has 4 aliphatic carbocycles. The highest BCUT2D eigenvalue weighted by Gasteiger charge is 2.63. The van der Waals surface area contributed by atoms with E-state index in [4.69, 9.17) is 0 Å². The first-order valence-corrected chi connectivity index (χ1v) is 10.1. The first kappa shape index (κ1) is 17.0. The molecule has 3 heteroatoms. The highest BCUT2D eigenvalue weighted by molar-refractivity contribution is 5.82. The normalized spacial score (nSPS) is 57.2. The fourth-order valence-corrected chi connectivity index (χ4v) is 7.65. The molecule has 0 aliphatic heterocycles. The van der Waals surface area contributed by atoms with Gasteiger partial charge in [-0.3, -0.25) is 4.79 Å². The van der Waals surface area contributed by atoms with Crippen molar-refractivity contribution in [1.82, 2.24) is 0 Å². The van der Waals surface area contributed by atoms with Crippen molar-refractivity contribution in [3.63, 3.8) is 0 Å². The standard InChI is InChI=1S/C21H34O3/c1-19-11-13(12-22)18(23)10-14(19)4-5-15-16(19)6-8-20(2)17(15)7-9-21(20,3)24/h13-17,22,24H,4-12H2,1-3H3/t13?,14?,15-,16+,17+,19+,20+,21+/m1/s1. The maximum absolute atomic E-state index is 12.3. The second-order valence-corrected chi connectivity index (χ2v) is 10.2. The van der Waals surface area contributed by atoms with Crippen molar-refractivity contribution in [2.75, 3.05) is 6.61 Å². The molecule has 2 unspecified atom stereocenters. The van der Waals surface area contributed by atoms with E-state index in [-0.39, 0.29) is 23.4 Å². The van der Waals surface area contributed by atoms with Crippen molar-refractivity contribution >= 4 is 5.78 Å². The van der Waals surface area contributed by atoms with Crippen molar-refractivity contribution in [2.45, 2.75) is 77.7 Å². The summed E-state index contributed by atoms with van der Waals surface area (Å²) in [5.74, 6) is 2.68. The largest absolute Gasteiger partial charge is 0.396 e. The topological polar surface area (TPSA) is 57.5 Å². The summed E-state index contributed by atoms with van der Waals surface area (Å²) in [4.78, 5) is 12.3. The summed E-state index contributed by atoms with van der Waals surface area (Å²) in [6.07, 6.45) is 8.37. The minimum absolute atomic E-state index is 0.0222. The fourth-order valence-electron chi connectivity index (χ4n) is 7.65. The van der Waals surface area contributed by atoms with Gasteiger partial charge in [0.25, 0.3) is 0 Å². The molecule has 4 rings (SSSR count). The quantitative estimate of drug-likeness (QED) is 0.771. The smallest absolute Gasteiger partial charge is 0.138 e. The molecule has 136 valence electrons. The second kappa shape index (κ2) is 5.30. The van der Waals surface area contributed by atoms with E-state index in [2.05, 4.69) is 20.8 Å². The predicted octanol–water partition coefficient (Wildman–Crippen LogP) is 3.57. The van der Waals surface area contributed by atoms with Gasteiger partial charge in [0, 0.05) is 12.3 Å². The molecule has 0 aromatic heterocycles. The number of aliphatic hydroxyl groups is 2. The molecule has 3 nitrogen and oxygen atoms in total. The number of carbonyl (C=O) groups is 1. The van der Waals surface area contributed by atoms with Crippen LogP contribution in [-0.2, 0) is 4.79 Å². The van der Waals surface area contributed by atoms with E-state index in [1.165, 1.54) is 12.8 Å². The molecule has 2 N–H and O–H groups in total. The van der Waals surface area contributed by atoms with E-state index in [0.717, 1.165) is 32.1 Å². The van der Waals surface area contributed by atoms with Gasteiger partial charge >= 0.3 is 0 Å². The van der Waals surface area contributed by atoms with Crippen LogP contribution in [0.4, 0.5) is 0 Å². The van der Waals surface area contributed by atoms with Gasteiger partial charge in [-0.1, -0.05) is 13.8 Å². The number of carbonyl (C=O) groups excluding carboxylic acids is 1. The number of fused-ring (bicyclic) bond motifs is 5. The molecule has 4 fully saturated rings. The average Bonchev–Trinajstić information content (AvgIpc) is 2.77. The van der Waals surface area contributed by atoms with Crippen LogP contribution >= 0.6 is 0 Å². The molecule has 4 saturated carbocycles. The maximum Gasteiger partial charge on any atom is 0.138 e. The number of hydrogen-bond donors (Lipinski definition) is 2. The van der Waals surface area contributed by atoms with Gasteiger partial charge in [-0.15, -0.1) is 0 Å². The van der Waals surface area contributed by atoms with Gasteiger partial charge in [0.1, 0.15) is 5.78 Å². The van der Waals surface area contributed by atoms with Gasteiger partial charge in [0.15, 0.2) is 0 Å². The van der Waals surface area contributed by atoms with Crippen molar-refractivity contribution in [1.29, 1.82) is 0 Å².